The lowest BCUT2D eigenvalue weighted by molar-refractivity contribution is 1.28. The van der Waals surface area contributed by atoms with Gasteiger partial charge in [0.1, 0.15) is 0 Å². The first kappa shape index (κ1) is 12.3. The zero-order chi connectivity index (χ0) is 11.6. The molecule has 2 aromatic rings. The van der Waals surface area contributed by atoms with Crippen molar-refractivity contribution in [1.29, 1.82) is 0 Å². The maximum Gasteiger partial charge on any atom is -0.0100 e. The maximum atomic E-state index is 3.66. The van der Waals surface area contributed by atoms with Crippen molar-refractivity contribution in [2.75, 3.05) is 0 Å². The van der Waals surface area contributed by atoms with Crippen molar-refractivity contribution in [2.24, 2.45) is 0 Å². The second-order valence-electron chi connectivity index (χ2n) is 3.63. The van der Waals surface area contributed by atoms with Gasteiger partial charge in [0.05, 0.1) is 0 Å². The molecule has 0 bridgehead atoms. The van der Waals surface area contributed by atoms with Gasteiger partial charge in [-0.2, -0.15) is 0 Å². The van der Waals surface area contributed by atoms with Gasteiger partial charge in [-0.1, -0.05) is 72.3 Å². The zero-order valence-electron chi connectivity index (χ0n) is 9.77. The molecule has 16 heavy (non-hydrogen) atoms. The van der Waals surface area contributed by atoms with E-state index in [0.29, 0.717) is 0 Å². The molecule has 0 aliphatic rings. The van der Waals surface area contributed by atoms with E-state index < -0.39 is 0 Å². The molecule has 2 rings (SSSR count). The molecule has 0 heterocycles. The summed E-state index contributed by atoms with van der Waals surface area (Å²) >= 11 is 0. The van der Waals surface area contributed by atoms with Crippen molar-refractivity contribution in [3.8, 4) is 0 Å². The fraction of sp³-hybridized carbons (Fsp3) is 0.125. The van der Waals surface area contributed by atoms with Crippen molar-refractivity contribution in [1.82, 2.24) is 0 Å². The van der Waals surface area contributed by atoms with Gasteiger partial charge in [-0.25, -0.2) is 0 Å². The van der Waals surface area contributed by atoms with Gasteiger partial charge < -0.3 is 0 Å². The lowest BCUT2D eigenvalue weighted by atomic mass is 10.2. The summed E-state index contributed by atoms with van der Waals surface area (Å²) in [6, 6.07) is 20.6. The van der Waals surface area contributed by atoms with Crippen LogP contribution in [-0.2, 0) is 6.42 Å². The first-order chi connectivity index (χ1) is 7.83. The number of aryl methyl sites for hydroxylation is 1. The Labute approximate surface area is 98.3 Å². The van der Waals surface area contributed by atoms with Crippen LogP contribution in [0.15, 0.2) is 73.3 Å². The zero-order valence-corrected chi connectivity index (χ0v) is 9.77. The van der Waals surface area contributed by atoms with Crippen LogP contribution in [0.2, 0.25) is 0 Å². The molecule has 0 spiro atoms. The summed E-state index contributed by atoms with van der Waals surface area (Å²) in [5, 5.41) is 0. The molecule has 0 nitrogen and oxygen atoms in total. The van der Waals surface area contributed by atoms with Crippen molar-refractivity contribution >= 4 is 0 Å². The number of rotatable bonds is 2. The van der Waals surface area contributed by atoms with E-state index in [9.17, 15) is 0 Å². The van der Waals surface area contributed by atoms with E-state index in [0.717, 1.165) is 6.42 Å². The van der Waals surface area contributed by atoms with Crippen molar-refractivity contribution in [3.63, 3.8) is 0 Å². The van der Waals surface area contributed by atoms with Crippen LogP contribution in [0.3, 0.4) is 0 Å². The van der Waals surface area contributed by atoms with E-state index in [4.69, 9.17) is 0 Å². The van der Waals surface area contributed by atoms with Gasteiger partial charge in [-0.15, -0.1) is 6.58 Å². The number of allylic oxidation sites excluding steroid dienone is 1. The Bertz CT molecular complexity index is 387. The van der Waals surface area contributed by atoms with Gasteiger partial charge in [0.15, 0.2) is 0 Å². The van der Waals surface area contributed by atoms with E-state index in [-0.39, 0.29) is 0 Å². The van der Waals surface area contributed by atoms with E-state index in [2.05, 4.69) is 37.8 Å². The Morgan fingerprint density at radius 2 is 1.38 bits per heavy atom. The summed E-state index contributed by atoms with van der Waals surface area (Å²) in [5.41, 5.74) is 2.65. The molecule has 0 N–H and O–H groups in total. The highest BCUT2D eigenvalue weighted by atomic mass is 13.9. The minimum atomic E-state index is 0.973. The smallest absolute Gasteiger partial charge is 0.0100 e. The van der Waals surface area contributed by atoms with E-state index in [1.54, 1.807) is 0 Å². The van der Waals surface area contributed by atoms with Crippen LogP contribution in [0.25, 0.3) is 0 Å². The standard InChI is InChI=1S/C9H10.C7H8/c1-2-6-9-7-4-3-5-8-9;1-7-5-3-2-4-6-7/h2-5,7-8H,1,6H2;2-6H,1H3. The second-order valence-corrected chi connectivity index (χ2v) is 3.63. The fourth-order valence-corrected chi connectivity index (χ4v) is 1.32. The molecule has 0 aliphatic carbocycles. The van der Waals surface area contributed by atoms with Gasteiger partial charge >= 0.3 is 0 Å². The predicted octanol–water partition coefficient (Wildman–Crippen LogP) is 4.41. The molecule has 0 aromatic heterocycles. The van der Waals surface area contributed by atoms with Crippen molar-refractivity contribution < 1.29 is 0 Å². The molecule has 0 atom stereocenters. The van der Waals surface area contributed by atoms with Crippen LogP contribution < -0.4 is 0 Å². The Kier molecular flexibility index (Phi) is 5.72. The Morgan fingerprint density at radius 1 is 0.875 bits per heavy atom. The Hall–Kier alpha value is -1.82. The average Bonchev–Trinajstić information content (AvgIpc) is 2.33. The summed E-state index contributed by atoms with van der Waals surface area (Å²) in [5.74, 6) is 0. The van der Waals surface area contributed by atoms with Crippen molar-refractivity contribution in [3.05, 3.63) is 84.4 Å². The third-order valence-corrected chi connectivity index (χ3v) is 2.16. The van der Waals surface area contributed by atoms with Gasteiger partial charge in [-0.05, 0) is 18.9 Å². The third-order valence-electron chi connectivity index (χ3n) is 2.16. The normalized spacial score (nSPS) is 8.81. The predicted molar refractivity (Wildman–Crippen MR) is 71.5 cm³/mol. The monoisotopic (exact) mass is 210 g/mol. The van der Waals surface area contributed by atoms with Crippen LogP contribution in [0.4, 0.5) is 0 Å². The van der Waals surface area contributed by atoms with Crippen LogP contribution in [0.1, 0.15) is 11.1 Å². The number of hydrogen-bond acceptors (Lipinski definition) is 0. The summed E-state index contributed by atoms with van der Waals surface area (Å²) in [4.78, 5) is 0. The quantitative estimate of drug-likeness (QED) is 0.644. The van der Waals surface area contributed by atoms with Crippen LogP contribution in [0, 0.1) is 6.92 Å². The second kappa shape index (κ2) is 7.47. The molecule has 0 aliphatic heterocycles. The van der Waals surface area contributed by atoms with Crippen LogP contribution in [-0.4, -0.2) is 0 Å². The molecular weight excluding hydrogens is 192 g/mol. The highest BCUT2D eigenvalue weighted by molar-refractivity contribution is 5.16. The topological polar surface area (TPSA) is 0 Å². The number of hydrogen-bond donors (Lipinski definition) is 0. The van der Waals surface area contributed by atoms with Crippen LogP contribution >= 0.6 is 0 Å². The highest BCUT2D eigenvalue weighted by Crippen LogP contribution is 1.98. The molecule has 0 radical (unpaired) electrons. The van der Waals surface area contributed by atoms with Gasteiger partial charge in [-0.3, -0.25) is 0 Å². The molecule has 0 amide bonds. The highest BCUT2D eigenvalue weighted by Gasteiger charge is 1.82. The molecule has 0 saturated heterocycles. The SMILES string of the molecule is C=CCc1ccccc1.Cc1ccccc1. The van der Waals surface area contributed by atoms with Crippen molar-refractivity contribution in [2.45, 2.75) is 13.3 Å². The fourth-order valence-electron chi connectivity index (χ4n) is 1.32. The lowest BCUT2D eigenvalue weighted by Crippen LogP contribution is -1.75. The molecule has 2 aromatic carbocycles. The summed E-state index contributed by atoms with van der Waals surface area (Å²) < 4.78 is 0. The van der Waals surface area contributed by atoms with Gasteiger partial charge in [0.2, 0.25) is 0 Å². The van der Waals surface area contributed by atoms with E-state index >= 15 is 0 Å². The molecule has 0 fully saturated rings. The summed E-state index contributed by atoms with van der Waals surface area (Å²) in [6.45, 7) is 5.74. The summed E-state index contributed by atoms with van der Waals surface area (Å²) in [7, 11) is 0. The molecule has 82 valence electrons. The average molecular weight is 210 g/mol. The van der Waals surface area contributed by atoms with Gasteiger partial charge in [0, 0.05) is 0 Å². The summed E-state index contributed by atoms with van der Waals surface area (Å²) in [6.07, 6.45) is 2.89. The Morgan fingerprint density at radius 3 is 1.75 bits per heavy atom. The molecule has 0 heteroatoms. The largest absolute Gasteiger partial charge is 0.103 e. The van der Waals surface area contributed by atoms with Crippen LogP contribution in [0.5, 0.6) is 0 Å². The number of benzene rings is 2. The molecule has 0 saturated carbocycles. The first-order valence-corrected chi connectivity index (χ1v) is 5.49. The molecule has 0 unspecified atom stereocenters. The van der Waals surface area contributed by atoms with E-state index in [1.807, 2.05) is 42.5 Å². The van der Waals surface area contributed by atoms with E-state index in [1.165, 1.54) is 11.1 Å². The Balaban J connectivity index is 0.000000165. The minimum absolute atomic E-state index is 0.973. The maximum absolute atomic E-state index is 3.66. The molecular formula is C16H18. The first-order valence-electron chi connectivity index (χ1n) is 5.49. The van der Waals surface area contributed by atoms with Gasteiger partial charge in [0.25, 0.3) is 0 Å². The lowest BCUT2D eigenvalue weighted by Gasteiger charge is -1.91. The minimum Gasteiger partial charge on any atom is -0.103 e. The third kappa shape index (κ3) is 5.16.